The fourth-order valence-electron chi connectivity index (χ4n) is 2.03. The van der Waals surface area contributed by atoms with Crippen LogP contribution in [-0.4, -0.2) is 10.2 Å². The van der Waals surface area contributed by atoms with Gasteiger partial charge in [0.2, 0.25) is 0 Å². The van der Waals surface area contributed by atoms with E-state index < -0.39 is 0 Å². The van der Waals surface area contributed by atoms with E-state index in [1.165, 1.54) is 32.1 Å². The Kier molecular flexibility index (Phi) is 2.45. The molecule has 1 heterocycles. The van der Waals surface area contributed by atoms with Gasteiger partial charge in [-0.1, -0.05) is 32.1 Å². The third-order valence-electron chi connectivity index (χ3n) is 2.71. The van der Waals surface area contributed by atoms with Crippen molar-refractivity contribution in [3.63, 3.8) is 0 Å². The summed E-state index contributed by atoms with van der Waals surface area (Å²) in [5.41, 5.74) is 1.11. The van der Waals surface area contributed by atoms with E-state index in [1.807, 2.05) is 0 Å². The average Bonchev–Trinajstić information content (AvgIpc) is 2.59. The van der Waals surface area contributed by atoms with Crippen LogP contribution in [0.1, 0.15) is 37.8 Å². The number of hydrogen-bond acceptors (Lipinski definition) is 1. The Bertz CT molecular complexity index is 210. The molecule has 0 saturated heterocycles. The highest BCUT2D eigenvalue weighted by molar-refractivity contribution is 4.96. The van der Waals surface area contributed by atoms with Crippen molar-refractivity contribution in [2.75, 3.05) is 0 Å². The number of aromatic amines is 1. The Morgan fingerprint density at radius 1 is 1.42 bits per heavy atom. The summed E-state index contributed by atoms with van der Waals surface area (Å²) in [6.07, 6.45) is 9.95. The zero-order valence-electron chi connectivity index (χ0n) is 7.34. The monoisotopic (exact) mass is 163 g/mol. The Morgan fingerprint density at radius 2 is 2.25 bits per heavy atom. The summed E-state index contributed by atoms with van der Waals surface area (Å²) in [7, 11) is 0. The molecule has 0 spiro atoms. The van der Waals surface area contributed by atoms with Gasteiger partial charge in [0.1, 0.15) is 0 Å². The van der Waals surface area contributed by atoms with E-state index in [4.69, 9.17) is 0 Å². The van der Waals surface area contributed by atoms with E-state index >= 15 is 0 Å². The van der Waals surface area contributed by atoms with Gasteiger partial charge in [-0.3, -0.25) is 5.10 Å². The van der Waals surface area contributed by atoms with Crippen molar-refractivity contribution in [3.8, 4) is 0 Å². The SMILES string of the molecule is [c]1c[nH]nc1CC1CCCCC1. The molecule has 0 bridgehead atoms. The van der Waals surface area contributed by atoms with E-state index in [1.54, 1.807) is 6.20 Å². The molecule has 12 heavy (non-hydrogen) atoms. The summed E-state index contributed by atoms with van der Waals surface area (Å²) in [5.74, 6) is 0.873. The molecule has 1 aliphatic carbocycles. The van der Waals surface area contributed by atoms with Crippen molar-refractivity contribution in [3.05, 3.63) is 18.0 Å². The highest BCUT2D eigenvalue weighted by Gasteiger charge is 2.14. The van der Waals surface area contributed by atoms with Gasteiger partial charge in [0.05, 0.1) is 5.69 Å². The van der Waals surface area contributed by atoms with Crippen LogP contribution in [-0.2, 0) is 6.42 Å². The quantitative estimate of drug-likeness (QED) is 0.712. The first-order chi connectivity index (χ1) is 5.95. The van der Waals surface area contributed by atoms with Gasteiger partial charge in [0.25, 0.3) is 0 Å². The maximum absolute atomic E-state index is 4.13. The molecule has 1 aliphatic rings. The molecule has 65 valence electrons. The molecule has 2 heteroatoms. The number of rotatable bonds is 2. The van der Waals surface area contributed by atoms with Gasteiger partial charge in [0, 0.05) is 12.3 Å². The van der Waals surface area contributed by atoms with Crippen LogP contribution < -0.4 is 0 Å². The molecule has 2 nitrogen and oxygen atoms in total. The van der Waals surface area contributed by atoms with E-state index in [0.29, 0.717) is 0 Å². The van der Waals surface area contributed by atoms with Crippen molar-refractivity contribution in [1.29, 1.82) is 0 Å². The van der Waals surface area contributed by atoms with E-state index in [2.05, 4.69) is 16.3 Å². The Morgan fingerprint density at radius 3 is 2.92 bits per heavy atom. The standard InChI is InChI=1S/C10H15N2/c1-2-4-9(5-3-1)8-10-6-7-11-12-10/h7,9H,1-5,8H2,(H,11,12). The second-order valence-corrected chi connectivity index (χ2v) is 3.68. The number of H-pyrrole nitrogens is 1. The summed E-state index contributed by atoms with van der Waals surface area (Å²) in [5, 5.41) is 6.94. The summed E-state index contributed by atoms with van der Waals surface area (Å²) in [6.45, 7) is 0. The van der Waals surface area contributed by atoms with Crippen LogP contribution in [0.4, 0.5) is 0 Å². The molecular weight excluding hydrogens is 148 g/mol. The lowest BCUT2D eigenvalue weighted by Crippen LogP contribution is -2.09. The maximum Gasteiger partial charge on any atom is 0.0704 e. The number of nitrogens with zero attached hydrogens (tertiary/aromatic N) is 1. The van der Waals surface area contributed by atoms with Crippen molar-refractivity contribution >= 4 is 0 Å². The molecule has 1 aromatic heterocycles. The second kappa shape index (κ2) is 3.74. The third kappa shape index (κ3) is 1.87. The predicted molar refractivity (Wildman–Crippen MR) is 47.7 cm³/mol. The van der Waals surface area contributed by atoms with Gasteiger partial charge < -0.3 is 0 Å². The second-order valence-electron chi connectivity index (χ2n) is 3.68. The van der Waals surface area contributed by atoms with Gasteiger partial charge in [-0.15, -0.1) is 0 Å². The third-order valence-corrected chi connectivity index (χ3v) is 2.71. The number of hydrogen-bond donors (Lipinski definition) is 1. The topological polar surface area (TPSA) is 28.7 Å². The van der Waals surface area contributed by atoms with Gasteiger partial charge in [-0.05, 0) is 12.3 Å². The average molecular weight is 163 g/mol. The molecule has 1 saturated carbocycles. The zero-order valence-corrected chi connectivity index (χ0v) is 7.34. The van der Waals surface area contributed by atoms with E-state index in [9.17, 15) is 0 Å². The molecule has 1 N–H and O–H groups in total. The minimum atomic E-state index is 0.873. The molecular formula is C10H15N2. The molecule has 0 aliphatic heterocycles. The molecule has 0 aromatic carbocycles. The lowest BCUT2D eigenvalue weighted by atomic mass is 9.86. The summed E-state index contributed by atoms with van der Waals surface area (Å²) < 4.78 is 0. The summed E-state index contributed by atoms with van der Waals surface area (Å²) >= 11 is 0. The first-order valence-corrected chi connectivity index (χ1v) is 4.85. The van der Waals surface area contributed by atoms with Crippen LogP contribution in [0.25, 0.3) is 0 Å². The first-order valence-electron chi connectivity index (χ1n) is 4.85. The lowest BCUT2D eigenvalue weighted by Gasteiger charge is -2.20. The normalized spacial score (nSPS) is 19.7. The fraction of sp³-hybridized carbons (Fsp3) is 0.700. The Hall–Kier alpha value is -0.790. The van der Waals surface area contributed by atoms with Crippen molar-refractivity contribution in [2.45, 2.75) is 38.5 Å². The Balaban J connectivity index is 1.86. The van der Waals surface area contributed by atoms with Crippen molar-refractivity contribution in [2.24, 2.45) is 5.92 Å². The number of aromatic nitrogens is 2. The lowest BCUT2D eigenvalue weighted by molar-refractivity contribution is 0.354. The molecule has 1 aromatic rings. The zero-order chi connectivity index (χ0) is 8.23. The predicted octanol–water partition coefficient (Wildman–Crippen LogP) is 2.33. The number of nitrogens with one attached hydrogen (secondary N) is 1. The highest BCUT2D eigenvalue weighted by atomic mass is 15.1. The van der Waals surface area contributed by atoms with Crippen LogP contribution in [0.2, 0.25) is 0 Å². The Labute approximate surface area is 73.4 Å². The summed E-state index contributed by atoms with van der Waals surface area (Å²) in [6, 6.07) is 3.12. The van der Waals surface area contributed by atoms with Crippen molar-refractivity contribution in [1.82, 2.24) is 10.2 Å². The molecule has 0 amide bonds. The van der Waals surface area contributed by atoms with Gasteiger partial charge in [-0.25, -0.2) is 0 Å². The van der Waals surface area contributed by atoms with Crippen LogP contribution in [0, 0.1) is 12.0 Å². The van der Waals surface area contributed by atoms with Crippen LogP contribution >= 0.6 is 0 Å². The minimum Gasteiger partial charge on any atom is -0.285 e. The molecule has 1 radical (unpaired) electrons. The maximum atomic E-state index is 4.13. The highest BCUT2D eigenvalue weighted by Crippen LogP contribution is 2.25. The molecule has 1 fully saturated rings. The fourth-order valence-corrected chi connectivity index (χ4v) is 2.03. The molecule has 0 atom stereocenters. The largest absolute Gasteiger partial charge is 0.285 e. The van der Waals surface area contributed by atoms with Crippen LogP contribution in [0.3, 0.4) is 0 Å². The van der Waals surface area contributed by atoms with Crippen molar-refractivity contribution < 1.29 is 0 Å². The van der Waals surface area contributed by atoms with Crippen LogP contribution in [0.15, 0.2) is 6.20 Å². The smallest absolute Gasteiger partial charge is 0.0704 e. The van der Waals surface area contributed by atoms with E-state index in [-0.39, 0.29) is 0 Å². The van der Waals surface area contributed by atoms with Crippen LogP contribution in [0.5, 0.6) is 0 Å². The molecule has 2 rings (SSSR count). The molecule has 0 unspecified atom stereocenters. The van der Waals surface area contributed by atoms with Gasteiger partial charge >= 0.3 is 0 Å². The summed E-state index contributed by atoms with van der Waals surface area (Å²) in [4.78, 5) is 0. The minimum absolute atomic E-state index is 0.873. The van der Waals surface area contributed by atoms with Gasteiger partial charge in [0.15, 0.2) is 0 Å². The van der Waals surface area contributed by atoms with Gasteiger partial charge in [-0.2, -0.15) is 5.10 Å². The first kappa shape index (κ1) is 7.84. The van der Waals surface area contributed by atoms with E-state index in [0.717, 1.165) is 18.0 Å².